The first-order valence-corrected chi connectivity index (χ1v) is 12.1. The lowest BCUT2D eigenvalue weighted by molar-refractivity contribution is -0.153. The summed E-state index contributed by atoms with van der Waals surface area (Å²) in [6.45, 7) is 2.88. The molecule has 5 rings (SSSR count). The van der Waals surface area contributed by atoms with Crippen molar-refractivity contribution in [1.82, 2.24) is 19.9 Å². The molecule has 1 N–H and O–H groups in total. The van der Waals surface area contributed by atoms with E-state index in [9.17, 15) is 9.00 Å². The van der Waals surface area contributed by atoms with Gasteiger partial charge < -0.3 is 10.2 Å². The molecule has 2 aromatic heterocycles. The molecule has 154 valence electrons. The Balaban J connectivity index is 1.43. The van der Waals surface area contributed by atoms with Gasteiger partial charge in [0.1, 0.15) is 15.6 Å². The van der Waals surface area contributed by atoms with Gasteiger partial charge in [0, 0.05) is 30.9 Å². The average Bonchev–Trinajstić information content (AvgIpc) is 3.32. The number of carbonyl (C=O) groups is 1. The average molecular weight is 440 g/mol. The molecule has 1 amide bonds. The first kappa shape index (κ1) is 19.3. The van der Waals surface area contributed by atoms with Gasteiger partial charge in [-0.05, 0) is 49.1 Å². The van der Waals surface area contributed by atoms with Crippen molar-refractivity contribution in [2.75, 3.05) is 18.1 Å². The van der Waals surface area contributed by atoms with Gasteiger partial charge >= 0.3 is 0 Å². The number of fused-ring (bicyclic) bond motifs is 1. The van der Waals surface area contributed by atoms with Crippen molar-refractivity contribution in [1.29, 1.82) is 0 Å². The molecule has 2 aliphatic rings. The van der Waals surface area contributed by atoms with Crippen molar-refractivity contribution >= 4 is 39.7 Å². The number of hydrogen-bond donors (Lipinski definition) is 1. The molecule has 2 fully saturated rings. The number of aryl methyl sites for hydroxylation is 1. The van der Waals surface area contributed by atoms with E-state index in [4.69, 9.17) is 4.98 Å². The summed E-state index contributed by atoms with van der Waals surface area (Å²) in [6.07, 6.45) is 7.72. The van der Waals surface area contributed by atoms with Crippen molar-refractivity contribution in [3.8, 4) is 10.4 Å². The molecule has 2 atom stereocenters. The van der Waals surface area contributed by atoms with Gasteiger partial charge in [-0.2, -0.15) is 0 Å². The van der Waals surface area contributed by atoms with Crippen LogP contribution in [0.25, 0.3) is 10.4 Å². The largest absolute Gasteiger partial charge is 0.330 e. The quantitative estimate of drug-likeness (QED) is 0.483. The highest BCUT2D eigenvalue weighted by Gasteiger charge is 2.56. The molecule has 0 bridgehead atoms. The number of amides is 1. The highest BCUT2D eigenvalue weighted by atomic mass is 32.2. The van der Waals surface area contributed by atoms with Crippen LogP contribution in [0.5, 0.6) is 0 Å². The van der Waals surface area contributed by atoms with Crippen LogP contribution in [0.15, 0.2) is 41.7 Å². The van der Waals surface area contributed by atoms with Gasteiger partial charge in [-0.1, -0.05) is 6.07 Å². The Morgan fingerprint density at radius 3 is 2.93 bits per heavy atom. The zero-order valence-corrected chi connectivity index (χ0v) is 18.3. The van der Waals surface area contributed by atoms with E-state index in [0.29, 0.717) is 17.4 Å². The van der Waals surface area contributed by atoms with Crippen molar-refractivity contribution in [3.63, 3.8) is 0 Å². The van der Waals surface area contributed by atoms with Crippen LogP contribution in [0.3, 0.4) is 0 Å². The van der Waals surface area contributed by atoms with Crippen LogP contribution < -0.4 is 5.32 Å². The minimum absolute atomic E-state index is 0.172. The van der Waals surface area contributed by atoms with E-state index >= 15 is 0 Å². The molecule has 3 aromatic rings. The summed E-state index contributed by atoms with van der Waals surface area (Å²) in [6, 6.07) is 7.83. The SMILES string of the molecule is Cc1cc(Nc2nccc(S(C)=O)n2)cc(-c2cnc(C34CCCN3C(=O)C4)s2)c1. The van der Waals surface area contributed by atoms with Crippen LogP contribution in [0.4, 0.5) is 11.6 Å². The van der Waals surface area contributed by atoms with Crippen LogP contribution in [0.1, 0.15) is 29.8 Å². The molecule has 4 heterocycles. The maximum absolute atomic E-state index is 12.0. The fourth-order valence-electron chi connectivity index (χ4n) is 4.29. The van der Waals surface area contributed by atoms with E-state index in [1.165, 1.54) is 0 Å². The van der Waals surface area contributed by atoms with Crippen LogP contribution in [0, 0.1) is 6.92 Å². The fourth-order valence-corrected chi connectivity index (χ4v) is 5.89. The van der Waals surface area contributed by atoms with Gasteiger partial charge in [-0.15, -0.1) is 11.3 Å². The number of nitrogens with one attached hydrogen (secondary N) is 1. The van der Waals surface area contributed by atoms with Crippen LogP contribution >= 0.6 is 11.3 Å². The molecule has 0 spiro atoms. The number of rotatable bonds is 5. The first-order chi connectivity index (χ1) is 14.4. The predicted octanol–water partition coefficient (Wildman–Crippen LogP) is 3.61. The van der Waals surface area contributed by atoms with Gasteiger partial charge in [0.05, 0.1) is 22.1 Å². The lowest BCUT2D eigenvalue weighted by Gasteiger charge is -2.45. The number of benzene rings is 1. The highest BCUT2D eigenvalue weighted by molar-refractivity contribution is 7.84. The number of anilines is 2. The maximum Gasteiger partial charge on any atom is 0.228 e. The summed E-state index contributed by atoms with van der Waals surface area (Å²) in [5.74, 6) is 0.652. The topological polar surface area (TPSA) is 88.1 Å². The number of β-lactam (4-membered cyclic amide) rings is 1. The third-order valence-corrected chi connectivity index (χ3v) is 7.74. The number of carbonyl (C=O) groups excluding carboxylic acids is 1. The Hall–Kier alpha value is -2.65. The van der Waals surface area contributed by atoms with Crippen molar-refractivity contribution in [2.45, 2.75) is 36.8 Å². The van der Waals surface area contributed by atoms with Crippen LogP contribution in [-0.4, -0.2) is 42.8 Å². The Morgan fingerprint density at radius 1 is 1.27 bits per heavy atom. The van der Waals surface area contributed by atoms with Gasteiger partial charge in [-0.3, -0.25) is 9.00 Å². The smallest absolute Gasteiger partial charge is 0.228 e. The lowest BCUT2D eigenvalue weighted by Crippen LogP contribution is -2.57. The lowest BCUT2D eigenvalue weighted by atomic mass is 9.85. The van der Waals surface area contributed by atoms with E-state index < -0.39 is 10.8 Å². The molecule has 7 nitrogen and oxygen atoms in total. The van der Waals surface area contributed by atoms with E-state index in [1.54, 1.807) is 29.9 Å². The first-order valence-electron chi connectivity index (χ1n) is 9.77. The second-order valence-electron chi connectivity index (χ2n) is 7.77. The van der Waals surface area contributed by atoms with E-state index in [0.717, 1.165) is 46.1 Å². The monoisotopic (exact) mass is 439 g/mol. The maximum atomic E-state index is 12.0. The van der Waals surface area contributed by atoms with Crippen molar-refractivity contribution in [2.24, 2.45) is 0 Å². The molecular weight excluding hydrogens is 418 g/mol. The summed E-state index contributed by atoms with van der Waals surface area (Å²) >= 11 is 1.66. The molecule has 2 unspecified atom stereocenters. The minimum Gasteiger partial charge on any atom is -0.330 e. The Kier molecular flexibility index (Phi) is 4.67. The number of hydrogen-bond acceptors (Lipinski definition) is 7. The summed E-state index contributed by atoms with van der Waals surface area (Å²) in [4.78, 5) is 28.3. The third-order valence-electron chi connectivity index (χ3n) is 5.68. The molecule has 9 heteroatoms. The minimum atomic E-state index is -1.16. The molecule has 30 heavy (non-hydrogen) atoms. The fraction of sp³-hybridized carbons (Fsp3) is 0.333. The molecule has 0 aliphatic carbocycles. The highest BCUT2D eigenvalue weighted by Crippen LogP contribution is 2.51. The van der Waals surface area contributed by atoms with E-state index in [2.05, 4.69) is 21.4 Å². The molecule has 0 radical (unpaired) electrons. The number of nitrogens with zero attached hydrogens (tertiary/aromatic N) is 4. The normalized spacial score (nSPS) is 21.3. The van der Waals surface area contributed by atoms with Gasteiger partial charge in [-0.25, -0.2) is 15.0 Å². The second kappa shape index (κ2) is 7.24. The zero-order chi connectivity index (χ0) is 20.9. The molecule has 2 saturated heterocycles. The van der Waals surface area contributed by atoms with Crippen LogP contribution in [-0.2, 0) is 21.1 Å². The van der Waals surface area contributed by atoms with Crippen molar-refractivity contribution in [3.05, 3.63) is 47.2 Å². The Labute approximate surface area is 181 Å². The molecule has 2 aliphatic heterocycles. The Morgan fingerprint density at radius 2 is 2.13 bits per heavy atom. The molecule has 0 saturated carbocycles. The van der Waals surface area contributed by atoms with Gasteiger partial charge in [0.2, 0.25) is 11.9 Å². The number of aromatic nitrogens is 3. The van der Waals surface area contributed by atoms with Gasteiger partial charge in [0.25, 0.3) is 0 Å². The van der Waals surface area contributed by atoms with Crippen LogP contribution in [0.2, 0.25) is 0 Å². The zero-order valence-electron chi connectivity index (χ0n) is 16.7. The summed E-state index contributed by atoms with van der Waals surface area (Å²) < 4.78 is 11.7. The summed E-state index contributed by atoms with van der Waals surface area (Å²) in [7, 11) is -1.16. The van der Waals surface area contributed by atoms with E-state index in [1.807, 2.05) is 30.2 Å². The standard InChI is InChI=1S/C21H21N5O2S2/c1-13-8-14(10-15(9-13)24-20-22-6-4-17(25-20)30(2)28)16-12-23-19(29-16)21-5-3-7-26(21)18(27)11-21/h4,6,8-10,12H,3,5,7,11H2,1-2H3,(H,22,24,25). The predicted molar refractivity (Wildman–Crippen MR) is 117 cm³/mol. The van der Waals surface area contributed by atoms with E-state index in [-0.39, 0.29) is 11.4 Å². The Bertz CT molecular complexity index is 1180. The summed E-state index contributed by atoms with van der Waals surface area (Å²) in [5, 5.41) is 4.74. The molecular formula is C21H21N5O2S2. The second-order valence-corrected chi connectivity index (χ2v) is 10.1. The third kappa shape index (κ3) is 3.22. The summed E-state index contributed by atoms with van der Waals surface area (Å²) in [5.41, 5.74) is 2.84. The molecule has 1 aromatic carbocycles. The van der Waals surface area contributed by atoms with Gasteiger partial charge in [0.15, 0.2) is 0 Å². The number of thiazole rings is 1. The van der Waals surface area contributed by atoms with Crippen molar-refractivity contribution < 1.29 is 9.00 Å².